The fourth-order valence-electron chi connectivity index (χ4n) is 4.74. The van der Waals surface area contributed by atoms with Crippen molar-refractivity contribution in [3.63, 3.8) is 0 Å². The number of hydrogen-bond acceptors (Lipinski definition) is 1. The Morgan fingerprint density at radius 3 is 2.59 bits per heavy atom. The van der Waals surface area contributed by atoms with Gasteiger partial charge in [-0.2, -0.15) is 10.4 Å². The van der Waals surface area contributed by atoms with Gasteiger partial charge in [-0.3, -0.25) is 0 Å². The first-order valence-corrected chi connectivity index (χ1v) is 12.0. The summed E-state index contributed by atoms with van der Waals surface area (Å²) in [5, 5.41) is 8.19. The molecule has 0 spiro atoms. The van der Waals surface area contributed by atoms with Gasteiger partial charge in [0, 0.05) is 29.7 Å². The monoisotopic (exact) mass is 448 g/mol. The number of pyridine rings is 1. The van der Waals surface area contributed by atoms with E-state index in [4.69, 9.17) is 4.42 Å². The molecule has 5 rings (SSSR count). The molecule has 0 saturated heterocycles. The van der Waals surface area contributed by atoms with Crippen molar-refractivity contribution in [3.05, 3.63) is 107 Å². The highest BCUT2D eigenvalue weighted by atomic mass is 16.3. The van der Waals surface area contributed by atoms with Gasteiger partial charge in [0.05, 0.1) is 0 Å². The minimum absolute atomic E-state index is 0.0253. The maximum atomic E-state index is 6.28. The van der Waals surface area contributed by atoms with Crippen LogP contribution in [0.4, 0.5) is 5.69 Å². The second kappa shape index (κ2) is 8.32. The molecule has 0 unspecified atom stereocenters. The smallest absolute Gasteiger partial charge is 0.217 e. The lowest BCUT2D eigenvalue weighted by atomic mass is 9.82. The zero-order valence-corrected chi connectivity index (χ0v) is 20.7. The summed E-state index contributed by atoms with van der Waals surface area (Å²) in [6.45, 7) is 15.5. The number of hydrogen-bond donors (Lipinski definition) is 0. The molecule has 0 bridgehead atoms. The Labute approximate surface area is 201 Å². The highest BCUT2D eigenvalue weighted by molar-refractivity contribution is 5.91. The maximum Gasteiger partial charge on any atom is 0.217 e. The van der Waals surface area contributed by atoms with Crippen molar-refractivity contribution < 1.29 is 8.66 Å². The predicted octanol–water partition coefficient (Wildman–Crippen LogP) is 7.25. The van der Waals surface area contributed by atoms with E-state index in [0.29, 0.717) is 5.92 Å². The normalized spacial score (nSPS) is 15.0. The lowest BCUT2D eigenvalue weighted by Gasteiger charge is -2.22. The van der Waals surface area contributed by atoms with Crippen LogP contribution < -0.4 is 9.46 Å². The van der Waals surface area contributed by atoms with Crippen molar-refractivity contribution in [2.45, 2.75) is 46.5 Å². The average Bonchev–Trinajstić information content (AvgIpc) is 3.20. The van der Waals surface area contributed by atoms with Crippen LogP contribution >= 0.6 is 0 Å². The van der Waals surface area contributed by atoms with Crippen LogP contribution in [-0.4, -0.2) is 0 Å². The zero-order chi connectivity index (χ0) is 24.0. The minimum Gasteiger partial charge on any atom is -0.661 e. The Kier molecular flexibility index (Phi) is 5.44. The second-order valence-corrected chi connectivity index (χ2v) is 10.6. The van der Waals surface area contributed by atoms with Gasteiger partial charge in [-0.05, 0) is 51.1 Å². The van der Waals surface area contributed by atoms with E-state index in [2.05, 4.69) is 101 Å². The molecular formula is C31H32N2O. The molecule has 0 saturated carbocycles. The van der Waals surface area contributed by atoms with Crippen LogP contribution in [0, 0.1) is 12.6 Å². The van der Waals surface area contributed by atoms with Gasteiger partial charge in [-0.25, -0.2) is 0 Å². The Hall–Kier alpha value is -3.59. The van der Waals surface area contributed by atoms with E-state index in [0.717, 1.165) is 45.7 Å². The molecule has 0 amide bonds. The number of aromatic nitrogens is 1. The molecule has 4 aromatic rings. The molecule has 3 nitrogen and oxygen atoms in total. The number of fused-ring (bicyclic) bond motifs is 2. The third kappa shape index (κ3) is 4.07. The molecule has 1 aliphatic heterocycles. The molecule has 1 aliphatic rings. The maximum absolute atomic E-state index is 6.28. The molecule has 2 aromatic carbocycles. The molecule has 3 heteroatoms. The summed E-state index contributed by atoms with van der Waals surface area (Å²) < 4.78 is 8.23. The van der Waals surface area contributed by atoms with Crippen LogP contribution in [0.15, 0.2) is 77.5 Å². The zero-order valence-electron chi connectivity index (χ0n) is 20.7. The lowest BCUT2D eigenvalue weighted by Crippen LogP contribution is -2.22. The van der Waals surface area contributed by atoms with Crippen LogP contribution in [0.5, 0.6) is 0 Å². The van der Waals surface area contributed by atoms with Gasteiger partial charge in [-0.15, -0.1) is 0 Å². The molecule has 0 radical (unpaired) electrons. The summed E-state index contributed by atoms with van der Waals surface area (Å²) in [6.07, 6.45) is 6.84. The van der Waals surface area contributed by atoms with Gasteiger partial charge in [0.15, 0.2) is 6.20 Å². The first kappa shape index (κ1) is 22.2. The summed E-state index contributed by atoms with van der Waals surface area (Å²) in [7, 11) is 0. The van der Waals surface area contributed by atoms with Crippen LogP contribution in [0.3, 0.4) is 0 Å². The van der Waals surface area contributed by atoms with E-state index in [1.165, 1.54) is 16.3 Å². The number of allylic oxidation sites excluding steroid dienone is 1. The highest BCUT2D eigenvalue weighted by Gasteiger charge is 2.20. The third-order valence-corrected chi connectivity index (χ3v) is 6.38. The fraction of sp³-hybridized carbons (Fsp3) is 0.258. The van der Waals surface area contributed by atoms with Crippen molar-refractivity contribution >= 4 is 22.0 Å². The summed E-state index contributed by atoms with van der Waals surface area (Å²) in [6, 6.07) is 19.6. The van der Waals surface area contributed by atoms with Gasteiger partial charge in [0.2, 0.25) is 5.69 Å². The fourth-order valence-corrected chi connectivity index (χ4v) is 4.74. The van der Waals surface area contributed by atoms with Gasteiger partial charge >= 0.3 is 0 Å². The molecule has 0 aliphatic carbocycles. The Bertz CT molecular complexity index is 1530. The number of rotatable bonds is 3. The molecule has 0 atom stereocenters. The first-order chi connectivity index (χ1) is 16.2. The SMILES string of the molecule is C=[n+]1ccc(=C2C=C[N-]c3cc(CC(C)C)oc32)cc1-c1cc(C(C)(C)C)c2ccccc2c1. The number of furan rings is 1. The molecule has 0 N–H and O–H groups in total. The van der Waals surface area contributed by atoms with Gasteiger partial charge < -0.3 is 9.73 Å². The van der Waals surface area contributed by atoms with Gasteiger partial charge in [-0.1, -0.05) is 70.6 Å². The lowest BCUT2D eigenvalue weighted by molar-refractivity contribution is -0.486. The van der Waals surface area contributed by atoms with E-state index in [1.807, 2.05) is 22.7 Å². The van der Waals surface area contributed by atoms with Crippen molar-refractivity contribution in [3.8, 4) is 11.3 Å². The Morgan fingerprint density at radius 2 is 1.82 bits per heavy atom. The number of benzene rings is 2. The first-order valence-electron chi connectivity index (χ1n) is 12.0. The molecule has 0 fully saturated rings. The van der Waals surface area contributed by atoms with Crippen LogP contribution in [0.1, 0.15) is 51.7 Å². The summed E-state index contributed by atoms with van der Waals surface area (Å²) in [5.41, 5.74) is 5.54. The molecular weight excluding hydrogens is 416 g/mol. The van der Waals surface area contributed by atoms with E-state index in [1.54, 1.807) is 0 Å². The quantitative estimate of drug-likeness (QED) is 0.304. The van der Waals surface area contributed by atoms with Crippen molar-refractivity contribution in [1.82, 2.24) is 0 Å². The topological polar surface area (TPSA) is 33.1 Å². The van der Waals surface area contributed by atoms with Gasteiger partial charge in [0.1, 0.15) is 18.2 Å². The molecule has 172 valence electrons. The van der Waals surface area contributed by atoms with E-state index < -0.39 is 0 Å². The van der Waals surface area contributed by atoms with Crippen molar-refractivity contribution in [2.75, 3.05) is 0 Å². The highest BCUT2D eigenvalue weighted by Crippen LogP contribution is 2.38. The molecule has 2 aromatic heterocycles. The van der Waals surface area contributed by atoms with Gasteiger partial charge in [0.25, 0.3) is 0 Å². The van der Waals surface area contributed by atoms with Crippen molar-refractivity contribution in [1.29, 1.82) is 0 Å². The van der Waals surface area contributed by atoms with E-state index in [9.17, 15) is 0 Å². The summed E-state index contributed by atoms with van der Waals surface area (Å²) in [4.78, 5) is 0. The van der Waals surface area contributed by atoms with Crippen LogP contribution in [-0.2, 0) is 11.8 Å². The minimum atomic E-state index is 0.0253. The second-order valence-electron chi connectivity index (χ2n) is 10.6. The largest absolute Gasteiger partial charge is 0.661 e. The van der Waals surface area contributed by atoms with Crippen LogP contribution in [0.25, 0.3) is 32.9 Å². The Balaban J connectivity index is 1.72. The number of nitrogens with zero attached hydrogens (tertiary/aromatic N) is 2. The van der Waals surface area contributed by atoms with Crippen LogP contribution in [0.2, 0.25) is 0 Å². The summed E-state index contributed by atoms with van der Waals surface area (Å²) in [5.74, 6) is 2.36. The summed E-state index contributed by atoms with van der Waals surface area (Å²) >= 11 is 0. The molecule has 3 heterocycles. The predicted molar refractivity (Wildman–Crippen MR) is 141 cm³/mol. The molecule has 34 heavy (non-hydrogen) atoms. The Morgan fingerprint density at radius 1 is 1.03 bits per heavy atom. The van der Waals surface area contributed by atoms with E-state index in [-0.39, 0.29) is 5.41 Å². The third-order valence-electron chi connectivity index (χ3n) is 6.38. The van der Waals surface area contributed by atoms with Crippen molar-refractivity contribution in [2.24, 2.45) is 5.92 Å². The van der Waals surface area contributed by atoms with E-state index >= 15 is 0 Å². The standard InChI is InChI=1S/C31H32N2O/c1-20(2)15-24-19-28-30(34-24)26(11-13-32-28)22-12-14-33(6)29(18-22)23-16-21-9-7-8-10-25(21)27(17-23)31(3,4)5/h7-14,16-20H,6,15H2,1-5H3. The average molecular weight is 449 g/mol.